The molecule has 0 atom stereocenters. The van der Waals surface area contributed by atoms with Crippen LogP contribution in [0.4, 0.5) is 0 Å². The zero-order valence-corrected chi connectivity index (χ0v) is 10.9. The first-order valence-corrected chi connectivity index (χ1v) is 6.23. The first kappa shape index (κ1) is 13.2. The molecule has 0 fully saturated rings. The molecule has 3 N–H and O–H groups in total. The molecular weight excluding hydrogens is 270 g/mol. The summed E-state index contributed by atoms with van der Waals surface area (Å²) in [7, 11) is 0. The first-order valence-electron chi connectivity index (χ1n) is 5.42. The molecule has 2 aromatic rings. The van der Waals surface area contributed by atoms with Crippen molar-refractivity contribution in [1.82, 2.24) is 9.55 Å². The molecule has 0 saturated heterocycles. The predicted molar refractivity (Wildman–Crippen MR) is 69.4 cm³/mol. The second-order valence-corrected chi connectivity index (χ2v) is 4.99. The van der Waals surface area contributed by atoms with Gasteiger partial charge in [-0.2, -0.15) is 0 Å². The summed E-state index contributed by atoms with van der Waals surface area (Å²) in [4.78, 5) is 38.7. The largest absolute Gasteiger partial charge is 0.481 e. The van der Waals surface area contributed by atoms with Gasteiger partial charge in [0.2, 0.25) is 0 Å². The number of amides is 1. The summed E-state index contributed by atoms with van der Waals surface area (Å²) in [5.41, 5.74) is 5.36. The van der Waals surface area contributed by atoms with Crippen molar-refractivity contribution in [3.05, 3.63) is 27.1 Å². The standard InChI is InChI=1S/C11H11N3O4S/c1-5-7-10(19-8(5)9(12)17)13-4-14(11(7)18)3-2-6(15)16/h4H,2-3H2,1H3,(H2,12,17)(H,15,16). The van der Waals surface area contributed by atoms with Gasteiger partial charge in [-0.05, 0) is 12.5 Å². The minimum Gasteiger partial charge on any atom is -0.481 e. The van der Waals surface area contributed by atoms with E-state index in [2.05, 4.69) is 4.98 Å². The Kier molecular flexibility index (Phi) is 3.34. The number of carboxylic acid groups (broad SMARTS) is 1. The smallest absolute Gasteiger partial charge is 0.305 e. The highest BCUT2D eigenvalue weighted by molar-refractivity contribution is 7.20. The third-order valence-corrected chi connectivity index (χ3v) is 3.92. The van der Waals surface area contributed by atoms with Crippen LogP contribution in [-0.2, 0) is 11.3 Å². The van der Waals surface area contributed by atoms with Gasteiger partial charge in [0.05, 0.1) is 23.0 Å². The van der Waals surface area contributed by atoms with Crippen molar-refractivity contribution in [3.63, 3.8) is 0 Å². The number of primary amides is 1. The molecule has 1 amide bonds. The van der Waals surface area contributed by atoms with Gasteiger partial charge in [0.25, 0.3) is 11.5 Å². The van der Waals surface area contributed by atoms with Crippen LogP contribution in [0.15, 0.2) is 11.1 Å². The molecule has 8 heteroatoms. The van der Waals surface area contributed by atoms with E-state index in [0.29, 0.717) is 20.7 Å². The van der Waals surface area contributed by atoms with Crippen LogP contribution in [-0.4, -0.2) is 26.5 Å². The van der Waals surface area contributed by atoms with E-state index in [0.717, 1.165) is 11.3 Å². The number of aryl methyl sites for hydroxylation is 2. The second-order valence-electron chi connectivity index (χ2n) is 3.99. The Hall–Kier alpha value is -2.22. The topological polar surface area (TPSA) is 115 Å². The van der Waals surface area contributed by atoms with Crippen LogP contribution in [0, 0.1) is 6.92 Å². The summed E-state index contributed by atoms with van der Waals surface area (Å²) in [6, 6.07) is 0. The van der Waals surface area contributed by atoms with Gasteiger partial charge in [-0.3, -0.25) is 19.0 Å². The molecule has 0 unspecified atom stereocenters. The Balaban J connectivity index is 2.58. The van der Waals surface area contributed by atoms with E-state index in [-0.39, 0.29) is 18.5 Å². The molecule has 0 bridgehead atoms. The minimum atomic E-state index is -0.994. The van der Waals surface area contributed by atoms with Crippen molar-refractivity contribution in [1.29, 1.82) is 0 Å². The number of hydrogen-bond acceptors (Lipinski definition) is 5. The number of carbonyl (C=O) groups excluding carboxylic acids is 1. The monoisotopic (exact) mass is 281 g/mol. The van der Waals surface area contributed by atoms with Crippen molar-refractivity contribution < 1.29 is 14.7 Å². The fraction of sp³-hybridized carbons (Fsp3) is 0.273. The van der Waals surface area contributed by atoms with Gasteiger partial charge in [0.1, 0.15) is 4.83 Å². The lowest BCUT2D eigenvalue weighted by atomic mass is 10.2. The molecule has 0 aliphatic carbocycles. The summed E-state index contributed by atoms with van der Waals surface area (Å²) in [6.45, 7) is 1.67. The highest BCUT2D eigenvalue weighted by Gasteiger charge is 2.17. The van der Waals surface area contributed by atoms with Crippen LogP contribution in [0.1, 0.15) is 21.7 Å². The fourth-order valence-corrected chi connectivity index (χ4v) is 2.76. The average molecular weight is 281 g/mol. The maximum absolute atomic E-state index is 12.2. The molecule has 0 aliphatic rings. The van der Waals surface area contributed by atoms with E-state index in [1.54, 1.807) is 6.92 Å². The number of rotatable bonds is 4. The molecule has 0 aromatic carbocycles. The molecule has 0 saturated carbocycles. The quantitative estimate of drug-likeness (QED) is 0.838. The molecular formula is C11H11N3O4S. The van der Waals surface area contributed by atoms with E-state index >= 15 is 0 Å². The molecule has 0 aliphatic heterocycles. The van der Waals surface area contributed by atoms with E-state index in [9.17, 15) is 14.4 Å². The molecule has 100 valence electrons. The van der Waals surface area contributed by atoms with Gasteiger partial charge in [-0.1, -0.05) is 0 Å². The number of nitrogens with zero attached hydrogens (tertiary/aromatic N) is 2. The van der Waals surface area contributed by atoms with Crippen molar-refractivity contribution in [3.8, 4) is 0 Å². The third kappa shape index (κ3) is 2.34. The molecule has 19 heavy (non-hydrogen) atoms. The highest BCUT2D eigenvalue weighted by Crippen LogP contribution is 2.26. The van der Waals surface area contributed by atoms with Crippen LogP contribution >= 0.6 is 11.3 Å². The van der Waals surface area contributed by atoms with E-state index < -0.39 is 11.9 Å². The maximum atomic E-state index is 12.2. The van der Waals surface area contributed by atoms with Crippen molar-refractivity contribution in [2.24, 2.45) is 5.73 Å². The number of nitrogens with two attached hydrogens (primary N) is 1. The van der Waals surface area contributed by atoms with Crippen molar-refractivity contribution >= 4 is 33.4 Å². The molecule has 2 aromatic heterocycles. The van der Waals surface area contributed by atoms with Gasteiger partial charge >= 0.3 is 5.97 Å². The number of aliphatic carboxylic acids is 1. The minimum absolute atomic E-state index is 0.0400. The maximum Gasteiger partial charge on any atom is 0.305 e. The molecule has 0 radical (unpaired) electrons. The number of hydrogen-bond donors (Lipinski definition) is 2. The van der Waals surface area contributed by atoms with Crippen LogP contribution < -0.4 is 11.3 Å². The second kappa shape index (κ2) is 4.81. The van der Waals surface area contributed by atoms with Crippen molar-refractivity contribution in [2.45, 2.75) is 19.9 Å². The van der Waals surface area contributed by atoms with E-state index in [4.69, 9.17) is 10.8 Å². The fourth-order valence-electron chi connectivity index (χ4n) is 1.77. The summed E-state index contributed by atoms with van der Waals surface area (Å²) < 4.78 is 1.22. The van der Waals surface area contributed by atoms with Crippen molar-refractivity contribution in [2.75, 3.05) is 0 Å². The number of aromatic nitrogens is 2. The van der Waals surface area contributed by atoms with Gasteiger partial charge < -0.3 is 10.8 Å². The van der Waals surface area contributed by atoms with Gasteiger partial charge in [0, 0.05) is 6.54 Å². The summed E-state index contributed by atoms with van der Waals surface area (Å²) >= 11 is 1.06. The van der Waals surface area contributed by atoms with Crippen LogP contribution in [0.5, 0.6) is 0 Å². The van der Waals surface area contributed by atoms with Gasteiger partial charge in [-0.25, -0.2) is 4.98 Å². The Morgan fingerprint density at radius 1 is 1.53 bits per heavy atom. The first-order chi connectivity index (χ1) is 8.91. The number of fused-ring (bicyclic) bond motifs is 1. The normalized spacial score (nSPS) is 10.8. The SMILES string of the molecule is Cc1c(C(N)=O)sc2ncn(CCC(=O)O)c(=O)c12. The molecule has 7 nitrogen and oxygen atoms in total. The Labute approximate surface area is 111 Å². The Morgan fingerprint density at radius 2 is 2.21 bits per heavy atom. The van der Waals surface area contributed by atoms with Gasteiger partial charge in [-0.15, -0.1) is 11.3 Å². The Morgan fingerprint density at radius 3 is 2.79 bits per heavy atom. The lowest BCUT2D eigenvalue weighted by Crippen LogP contribution is -2.22. The number of carbonyl (C=O) groups is 2. The Bertz CT molecular complexity index is 731. The lowest BCUT2D eigenvalue weighted by Gasteiger charge is -2.02. The zero-order chi connectivity index (χ0) is 14.2. The van der Waals surface area contributed by atoms with Crippen LogP contribution in [0.25, 0.3) is 10.2 Å². The number of carboxylic acids is 1. The molecule has 0 spiro atoms. The predicted octanol–water partition coefficient (Wildman–Crippen LogP) is 0.340. The van der Waals surface area contributed by atoms with Gasteiger partial charge in [0.15, 0.2) is 0 Å². The molecule has 2 heterocycles. The zero-order valence-electron chi connectivity index (χ0n) is 10.0. The summed E-state index contributed by atoms with van der Waals surface area (Å²) in [6.07, 6.45) is 1.12. The highest BCUT2D eigenvalue weighted by atomic mass is 32.1. The van der Waals surface area contributed by atoms with Crippen LogP contribution in [0.2, 0.25) is 0 Å². The van der Waals surface area contributed by atoms with E-state index in [1.165, 1.54) is 10.9 Å². The number of thiophene rings is 1. The van der Waals surface area contributed by atoms with Crippen LogP contribution in [0.3, 0.4) is 0 Å². The van der Waals surface area contributed by atoms with E-state index in [1.807, 2.05) is 0 Å². The lowest BCUT2D eigenvalue weighted by molar-refractivity contribution is -0.137. The molecule has 2 rings (SSSR count). The average Bonchev–Trinajstić information content (AvgIpc) is 2.66. The summed E-state index contributed by atoms with van der Waals surface area (Å²) in [5, 5.41) is 8.94. The third-order valence-electron chi connectivity index (χ3n) is 2.71. The summed E-state index contributed by atoms with van der Waals surface area (Å²) in [5.74, 6) is -1.59.